The second-order valence-corrected chi connectivity index (χ2v) is 6.15. The SMILES string of the molecule is CC(=O)/C(=C/c1ccccc1)B1OC(C)(C)C(C)(C)O1. The van der Waals surface area contributed by atoms with Gasteiger partial charge >= 0.3 is 7.12 Å². The maximum absolute atomic E-state index is 11.9. The standard InChI is InChI=1S/C16H21BO3/c1-12(18)14(11-13-9-7-6-8-10-13)17-19-15(2,3)16(4,5)20-17/h6-11H,1-5H3/b14-11-. The molecule has 0 bridgehead atoms. The van der Waals surface area contributed by atoms with E-state index < -0.39 is 18.3 Å². The third-order valence-electron chi connectivity index (χ3n) is 4.04. The van der Waals surface area contributed by atoms with Crippen LogP contribution in [0.25, 0.3) is 6.08 Å². The van der Waals surface area contributed by atoms with Gasteiger partial charge in [0.1, 0.15) is 0 Å². The van der Waals surface area contributed by atoms with E-state index in [0.717, 1.165) is 5.56 Å². The summed E-state index contributed by atoms with van der Waals surface area (Å²) in [6.07, 6.45) is 1.84. The topological polar surface area (TPSA) is 35.5 Å². The van der Waals surface area contributed by atoms with Crippen LogP contribution < -0.4 is 0 Å². The van der Waals surface area contributed by atoms with Gasteiger partial charge in [0, 0.05) is 5.47 Å². The van der Waals surface area contributed by atoms with Crippen molar-refractivity contribution in [3.8, 4) is 0 Å². The highest BCUT2D eigenvalue weighted by Gasteiger charge is 2.53. The first kappa shape index (κ1) is 15.0. The van der Waals surface area contributed by atoms with Gasteiger partial charge in [0.25, 0.3) is 0 Å². The summed E-state index contributed by atoms with van der Waals surface area (Å²) >= 11 is 0. The van der Waals surface area contributed by atoms with Crippen LogP contribution in [0.1, 0.15) is 40.2 Å². The zero-order valence-electron chi connectivity index (χ0n) is 12.8. The van der Waals surface area contributed by atoms with E-state index in [1.807, 2.05) is 64.1 Å². The van der Waals surface area contributed by atoms with E-state index in [4.69, 9.17) is 9.31 Å². The van der Waals surface area contributed by atoms with Crippen molar-refractivity contribution in [2.75, 3.05) is 0 Å². The van der Waals surface area contributed by atoms with Gasteiger partial charge in [-0.1, -0.05) is 36.4 Å². The van der Waals surface area contributed by atoms with Crippen LogP contribution in [0.3, 0.4) is 0 Å². The fourth-order valence-electron chi connectivity index (χ4n) is 2.03. The molecule has 3 nitrogen and oxygen atoms in total. The molecule has 0 radical (unpaired) electrons. The van der Waals surface area contributed by atoms with Gasteiger partial charge in [-0.2, -0.15) is 0 Å². The summed E-state index contributed by atoms with van der Waals surface area (Å²) in [6, 6.07) is 9.73. The monoisotopic (exact) mass is 272 g/mol. The zero-order valence-corrected chi connectivity index (χ0v) is 12.8. The minimum absolute atomic E-state index is 0.0349. The van der Waals surface area contributed by atoms with Crippen LogP contribution in [0, 0.1) is 0 Å². The lowest BCUT2D eigenvalue weighted by Crippen LogP contribution is -2.41. The summed E-state index contributed by atoms with van der Waals surface area (Å²) in [5, 5.41) is 0. The molecular formula is C16H21BO3. The number of ketones is 1. The Bertz CT molecular complexity index is 516. The number of hydrogen-bond donors (Lipinski definition) is 0. The van der Waals surface area contributed by atoms with Crippen molar-refractivity contribution in [1.82, 2.24) is 0 Å². The molecule has 1 heterocycles. The molecule has 0 amide bonds. The molecular weight excluding hydrogens is 251 g/mol. The first-order valence-corrected chi connectivity index (χ1v) is 6.86. The molecule has 0 spiro atoms. The Labute approximate surface area is 121 Å². The Balaban J connectivity index is 2.33. The molecule has 0 N–H and O–H groups in total. The van der Waals surface area contributed by atoms with Crippen LogP contribution >= 0.6 is 0 Å². The van der Waals surface area contributed by atoms with Gasteiger partial charge in [-0.25, -0.2) is 0 Å². The minimum atomic E-state index is -0.613. The third-order valence-corrected chi connectivity index (χ3v) is 4.04. The zero-order chi connectivity index (χ0) is 15.0. The molecule has 1 aromatic rings. The molecule has 0 aromatic heterocycles. The summed E-state index contributed by atoms with van der Waals surface area (Å²) < 4.78 is 11.9. The maximum Gasteiger partial charge on any atom is 0.498 e. The third kappa shape index (κ3) is 2.86. The maximum atomic E-state index is 11.9. The molecule has 0 unspecified atom stereocenters. The Hall–Kier alpha value is -1.39. The molecule has 4 heteroatoms. The largest absolute Gasteiger partial charge is 0.498 e. The van der Waals surface area contributed by atoms with Gasteiger partial charge in [-0.05, 0) is 40.2 Å². The first-order valence-electron chi connectivity index (χ1n) is 6.86. The Morgan fingerprint density at radius 3 is 2.00 bits per heavy atom. The lowest BCUT2D eigenvalue weighted by Gasteiger charge is -2.32. The van der Waals surface area contributed by atoms with Crippen molar-refractivity contribution < 1.29 is 14.1 Å². The van der Waals surface area contributed by atoms with Crippen LogP contribution in [0.4, 0.5) is 0 Å². The fourth-order valence-corrected chi connectivity index (χ4v) is 2.03. The van der Waals surface area contributed by atoms with Crippen molar-refractivity contribution in [2.45, 2.75) is 45.8 Å². The average molecular weight is 272 g/mol. The Morgan fingerprint density at radius 2 is 1.55 bits per heavy atom. The van der Waals surface area contributed by atoms with E-state index in [-0.39, 0.29) is 5.78 Å². The fraction of sp³-hybridized carbons (Fsp3) is 0.438. The van der Waals surface area contributed by atoms with Gasteiger partial charge in [0.05, 0.1) is 11.2 Å². The first-order chi connectivity index (χ1) is 9.23. The molecule has 1 fully saturated rings. The van der Waals surface area contributed by atoms with E-state index >= 15 is 0 Å². The predicted molar refractivity (Wildman–Crippen MR) is 81.2 cm³/mol. The molecule has 0 aliphatic carbocycles. The van der Waals surface area contributed by atoms with Crippen molar-refractivity contribution in [3.05, 3.63) is 41.4 Å². The van der Waals surface area contributed by atoms with Crippen LogP contribution in [-0.4, -0.2) is 24.1 Å². The van der Waals surface area contributed by atoms with Crippen LogP contribution in [0.2, 0.25) is 0 Å². The van der Waals surface area contributed by atoms with E-state index in [0.29, 0.717) is 5.47 Å². The predicted octanol–water partition coefficient (Wildman–Crippen LogP) is 3.29. The number of carbonyl (C=O) groups is 1. The number of Topliss-reactive ketones (excluding diaryl/α,β-unsaturated/α-hetero) is 1. The van der Waals surface area contributed by atoms with Gasteiger partial charge in [0.2, 0.25) is 0 Å². The van der Waals surface area contributed by atoms with Crippen molar-refractivity contribution >= 4 is 19.0 Å². The van der Waals surface area contributed by atoms with Gasteiger partial charge in [-0.15, -0.1) is 0 Å². The highest BCUT2D eigenvalue weighted by molar-refractivity contribution is 6.63. The molecule has 106 valence electrons. The van der Waals surface area contributed by atoms with Gasteiger partial charge in [-0.3, -0.25) is 4.79 Å². The number of benzene rings is 1. The molecule has 20 heavy (non-hydrogen) atoms. The highest BCUT2D eigenvalue weighted by Crippen LogP contribution is 2.38. The lowest BCUT2D eigenvalue weighted by molar-refractivity contribution is -0.113. The molecule has 1 aliphatic heterocycles. The summed E-state index contributed by atoms with van der Waals surface area (Å²) in [4.78, 5) is 11.9. The number of allylic oxidation sites excluding steroid dienone is 1. The van der Waals surface area contributed by atoms with Gasteiger partial charge < -0.3 is 9.31 Å². The summed E-state index contributed by atoms with van der Waals surface area (Å²) in [6.45, 7) is 9.46. The summed E-state index contributed by atoms with van der Waals surface area (Å²) in [7, 11) is -0.613. The summed E-state index contributed by atoms with van der Waals surface area (Å²) in [5.41, 5.74) is 0.633. The average Bonchev–Trinajstić information content (AvgIpc) is 2.56. The molecule has 1 aromatic carbocycles. The smallest absolute Gasteiger partial charge is 0.399 e. The van der Waals surface area contributed by atoms with E-state index in [1.165, 1.54) is 0 Å². The lowest BCUT2D eigenvalue weighted by atomic mass is 9.75. The van der Waals surface area contributed by atoms with E-state index in [9.17, 15) is 4.79 Å². The van der Waals surface area contributed by atoms with E-state index in [1.54, 1.807) is 6.92 Å². The summed E-state index contributed by atoms with van der Waals surface area (Å²) in [5.74, 6) is -0.0349. The van der Waals surface area contributed by atoms with E-state index in [2.05, 4.69) is 0 Å². The highest BCUT2D eigenvalue weighted by atomic mass is 16.7. The molecule has 0 atom stereocenters. The molecule has 0 saturated carbocycles. The second kappa shape index (κ2) is 5.19. The Morgan fingerprint density at radius 1 is 1.05 bits per heavy atom. The normalized spacial score (nSPS) is 21.1. The number of rotatable bonds is 3. The quantitative estimate of drug-likeness (QED) is 0.625. The molecule has 2 rings (SSSR count). The Kier molecular flexibility index (Phi) is 3.89. The molecule has 1 aliphatic rings. The van der Waals surface area contributed by atoms with Crippen LogP contribution in [0.15, 0.2) is 35.8 Å². The second-order valence-electron chi connectivity index (χ2n) is 6.15. The minimum Gasteiger partial charge on any atom is -0.399 e. The van der Waals surface area contributed by atoms with Crippen molar-refractivity contribution in [3.63, 3.8) is 0 Å². The van der Waals surface area contributed by atoms with Crippen LogP contribution in [0.5, 0.6) is 0 Å². The van der Waals surface area contributed by atoms with Crippen LogP contribution in [-0.2, 0) is 14.1 Å². The van der Waals surface area contributed by atoms with Crippen molar-refractivity contribution in [1.29, 1.82) is 0 Å². The van der Waals surface area contributed by atoms with Crippen molar-refractivity contribution in [2.24, 2.45) is 0 Å². The molecule has 1 saturated heterocycles. The number of hydrogen-bond acceptors (Lipinski definition) is 3. The number of carbonyl (C=O) groups excluding carboxylic acids is 1. The van der Waals surface area contributed by atoms with Gasteiger partial charge in [0.15, 0.2) is 5.78 Å².